The van der Waals surface area contributed by atoms with E-state index in [1.54, 1.807) is 24.5 Å². The molecule has 0 aromatic carbocycles. The largest absolute Gasteiger partial charge is 0.444 e. The molecule has 0 bridgehead atoms. The molecule has 0 radical (unpaired) electrons. The first kappa shape index (κ1) is 11.1. The van der Waals surface area contributed by atoms with E-state index in [1.807, 2.05) is 13.8 Å². The van der Waals surface area contributed by atoms with Crippen molar-refractivity contribution in [2.75, 3.05) is 5.32 Å². The number of pyridine rings is 1. The van der Waals surface area contributed by atoms with Crippen LogP contribution in [0.1, 0.15) is 30.2 Å². The van der Waals surface area contributed by atoms with Crippen LogP contribution >= 0.6 is 0 Å². The molecule has 2 aromatic heterocycles. The highest BCUT2D eigenvalue weighted by Crippen LogP contribution is 2.19. The molecule has 86 valence electrons. The number of hydrogen-bond acceptors (Lipinski definition) is 5. The lowest BCUT2D eigenvalue weighted by Crippen LogP contribution is -2.09. The smallest absolute Gasteiger partial charge is 0.216 e. The van der Waals surface area contributed by atoms with E-state index >= 15 is 0 Å². The normalized spacial score (nSPS) is 11.8. The topological polar surface area (TPSA) is 74.7 Å². The van der Waals surface area contributed by atoms with Crippen LogP contribution in [0.25, 0.3) is 0 Å². The maximum atomic E-state index is 8.94. The van der Waals surface area contributed by atoms with Gasteiger partial charge >= 0.3 is 0 Å². The van der Waals surface area contributed by atoms with Crippen molar-refractivity contribution >= 4 is 5.82 Å². The Kier molecular flexibility index (Phi) is 3.06. The Hall–Kier alpha value is -2.35. The zero-order chi connectivity index (χ0) is 12.3. The van der Waals surface area contributed by atoms with E-state index in [9.17, 15) is 0 Å². The summed E-state index contributed by atoms with van der Waals surface area (Å²) in [4.78, 5) is 8.25. The summed E-state index contributed by atoms with van der Waals surface area (Å²) in [5.41, 5.74) is 0.502. The lowest BCUT2D eigenvalue weighted by atomic mass is 10.2. The van der Waals surface area contributed by atoms with Crippen molar-refractivity contribution < 1.29 is 4.42 Å². The van der Waals surface area contributed by atoms with Gasteiger partial charge in [0.2, 0.25) is 5.89 Å². The molecular formula is C12H12N4O. The van der Waals surface area contributed by atoms with Gasteiger partial charge < -0.3 is 9.73 Å². The summed E-state index contributed by atoms with van der Waals surface area (Å²) in [6.45, 7) is 3.74. The van der Waals surface area contributed by atoms with E-state index in [2.05, 4.69) is 21.4 Å². The zero-order valence-corrected chi connectivity index (χ0v) is 9.64. The van der Waals surface area contributed by atoms with Crippen LogP contribution in [0.5, 0.6) is 0 Å². The average molecular weight is 228 g/mol. The average Bonchev–Trinajstić information content (AvgIpc) is 2.77. The van der Waals surface area contributed by atoms with E-state index in [4.69, 9.17) is 9.68 Å². The maximum Gasteiger partial charge on any atom is 0.216 e. The maximum absolute atomic E-state index is 8.94. The predicted octanol–water partition coefficient (Wildman–Crippen LogP) is 2.42. The van der Waals surface area contributed by atoms with Crippen LogP contribution in [0.4, 0.5) is 5.82 Å². The molecule has 2 heterocycles. The van der Waals surface area contributed by atoms with Crippen LogP contribution in [-0.4, -0.2) is 9.97 Å². The van der Waals surface area contributed by atoms with Gasteiger partial charge in [-0.15, -0.1) is 0 Å². The molecule has 17 heavy (non-hydrogen) atoms. The molecule has 0 saturated carbocycles. The fourth-order valence-electron chi connectivity index (χ4n) is 1.45. The van der Waals surface area contributed by atoms with Crippen LogP contribution in [0.2, 0.25) is 0 Å². The Morgan fingerprint density at radius 1 is 1.47 bits per heavy atom. The number of hydrogen-bond donors (Lipinski definition) is 1. The quantitative estimate of drug-likeness (QED) is 0.873. The first-order chi connectivity index (χ1) is 8.20. The Morgan fingerprint density at radius 3 is 2.94 bits per heavy atom. The van der Waals surface area contributed by atoms with E-state index in [0.29, 0.717) is 17.3 Å². The fraction of sp³-hybridized carbons (Fsp3) is 0.250. The number of rotatable bonds is 3. The summed E-state index contributed by atoms with van der Waals surface area (Å²) in [6, 6.07) is 5.39. The van der Waals surface area contributed by atoms with Gasteiger partial charge in [0.05, 0.1) is 11.8 Å². The van der Waals surface area contributed by atoms with Crippen molar-refractivity contribution in [3.05, 3.63) is 41.7 Å². The van der Waals surface area contributed by atoms with Crippen molar-refractivity contribution in [2.45, 2.75) is 19.9 Å². The molecule has 0 fully saturated rings. The lowest BCUT2D eigenvalue weighted by molar-refractivity contribution is 0.453. The third-order valence-corrected chi connectivity index (χ3v) is 2.29. The predicted molar refractivity (Wildman–Crippen MR) is 62.2 cm³/mol. The molecule has 5 heteroatoms. The van der Waals surface area contributed by atoms with E-state index in [1.165, 1.54) is 0 Å². The standard InChI is InChI=1S/C12H12N4O/c1-8-7-15-12(17-8)9(2)16-11-10(6-13)4-3-5-14-11/h3-5,7,9H,1-2H3,(H,14,16). The van der Waals surface area contributed by atoms with Crippen LogP contribution < -0.4 is 5.32 Å². The first-order valence-electron chi connectivity index (χ1n) is 5.24. The molecular weight excluding hydrogens is 216 g/mol. The summed E-state index contributed by atoms with van der Waals surface area (Å²) in [6.07, 6.45) is 3.30. The molecule has 1 N–H and O–H groups in total. The molecule has 1 unspecified atom stereocenters. The van der Waals surface area contributed by atoms with Gasteiger partial charge in [0.15, 0.2) is 0 Å². The minimum absolute atomic E-state index is 0.134. The highest BCUT2D eigenvalue weighted by atomic mass is 16.4. The second-order valence-corrected chi connectivity index (χ2v) is 3.69. The number of nitrogens with one attached hydrogen (secondary N) is 1. The van der Waals surface area contributed by atoms with E-state index in [-0.39, 0.29) is 6.04 Å². The van der Waals surface area contributed by atoms with E-state index < -0.39 is 0 Å². The van der Waals surface area contributed by atoms with Crippen molar-refractivity contribution in [1.29, 1.82) is 5.26 Å². The van der Waals surface area contributed by atoms with Gasteiger partial charge in [0, 0.05) is 6.20 Å². The molecule has 0 aliphatic heterocycles. The molecule has 0 amide bonds. The lowest BCUT2D eigenvalue weighted by Gasteiger charge is -2.11. The molecule has 0 aliphatic rings. The van der Waals surface area contributed by atoms with Crippen molar-refractivity contribution in [1.82, 2.24) is 9.97 Å². The van der Waals surface area contributed by atoms with Crippen molar-refractivity contribution in [2.24, 2.45) is 0 Å². The zero-order valence-electron chi connectivity index (χ0n) is 9.64. The SMILES string of the molecule is Cc1cnc(C(C)Nc2ncccc2C#N)o1. The monoisotopic (exact) mass is 228 g/mol. The molecule has 0 spiro atoms. The minimum Gasteiger partial charge on any atom is -0.444 e. The van der Waals surface area contributed by atoms with Gasteiger partial charge in [-0.2, -0.15) is 5.26 Å². The third-order valence-electron chi connectivity index (χ3n) is 2.29. The van der Waals surface area contributed by atoms with Crippen molar-refractivity contribution in [3.8, 4) is 6.07 Å². The minimum atomic E-state index is -0.134. The van der Waals surface area contributed by atoms with Crippen molar-refractivity contribution in [3.63, 3.8) is 0 Å². The highest BCUT2D eigenvalue weighted by molar-refractivity contribution is 5.51. The molecule has 0 saturated heterocycles. The molecule has 2 rings (SSSR count). The van der Waals surface area contributed by atoms with Gasteiger partial charge in [-0.25, -0.2) is 9.97 Å². The second kappa shape index (κ2) is 4.66. The van der Waals surface area contributed by atoms with Gasteiger partial charge in [0.1, 0.15) is 23.7 Å². The Balaban J connectivity index is 2.19. The van der Waals surface area contributed by atoms with Crippen LogP contribution in [0.15, 0.2) is 28.9 Å². The number of nitriles is 1. The molecule has 0 aliphatic carbocycles. The van der Waals surface area contributed by atoms with Gasteiger partial charge in [-0.05, 0) is 26.0 Å². The number of anilines is 1. The molecule has 1 atom stereocenters. The molecule has 5 nitrogen and oxygen atoms in total. The summed E-state index contributed by atoms with van der Waals surface area (Å²) in [5.74, 6) is 1.88. The summed E-state index contributed by atoms with van der Waals surface area (Å²) < 4.78 is 5.41. The summed E-state index contributed by atoms with van der Waals surface area (Å²) in [7, 11) is 0. The van der Waals surface area contributed by atoms with Crippen LogP contribution in [-0.2, 0) is 0 Å². The molecule has 2 aromatic rings. The van der Waals surface area contributed by atoms with Gasteiger partial charge in [0.25, 0.3) is 0 Å². The Labute approximate surface area is 99.1 Å². The third kappa shape index (κ3) is 2.42. The fourth-order valence-corrected chi connectivity index (χ4v) is 1.45. The van der Waals surface area contributed by atoms with E-state index in [0.717, 1.165) is 5.76 Å². The highest BCUT2D eigenvalue weighted by Gasteiger charge is 2.13. The van der Waals surface area contributed by atoms with Gasteiger partial charge in [-0.3, -0.25) is 0 Å². The summed E-state index contributed by atoms with van der Waals surface area (Å²) >= 11 is 0. The second-order valence-electron chi connectivity index (χ2n) is 3.69. The van der Waals surface area contributed by atoms with Crippen LogP contribution in [0, 0.1) is 18.3 Å². The number of nitrogens with zero attached hydrogens (tertiary/aromatic N) is 3. The summed E-state index contributed by atoms with van der Waals surface area (Å²) in [5, 5.41) is 12.0. The Morgan fingerprint density at radius 2 is 2.29 bits per heavy atom. The Bertz CT molecular complexity index is 556. The number of aromatic nitrogens is 2. The first-order valence-corrected chi connectivity index (χ1v) is 5.24. The number of oxazole rings is 1. The number of aryl methyl sites for hydroxylation is 1. The van der Waals surface area contributed by atoms with Crippen LogP contribution in [0.3, 0.4) is 0 Å². The van der Waals surface area contributed by atoms with Gasteiger partial charge in [-0.1, -0.05) is 0 Å².